The summed E-state index contributed by atoms with van der Waals surface area (Å²) in [4.78, 5) is 23.7. The average Bonchev–Trinajstić information content (AvgIpc) is 3.25. The molecular formula is C26H26N4O3S. The molecule has 0 aliphatic carbocycles. The molecule has 8 heteroatoms. The monoisotopic (exact) mass is 474 g/mol. The van der Waals surface area contributed by atoms with Gasteiger partial charge in [-0.2, -0.15) is 0 Å². The Balaban J connectivity index is 1.31. The number of carbonyl (C=O) groups excluding carboxylic acids is 1. The highest BCUT2D eigenvalue weighted by molar-refractivity contribution is 7.98. The van der Waals surface area contributed by atoms with E-state index in [4.69, 9.17) is 14.5 Å². The minimum atomic E-state index is 0.0660. The number of morpholine rings is 1. The van der Waals surface area contributed by atoms with E-state index >= 15 is 0 Å². The van der Waals surface area contributed by atoms with Crippen LogP contribution in [0.1, 0.15) is 21.5 Å². The number of pyridine rings is 1. The molecule has 0 N–H and O–H groups in total. The normalized spacial score (nSPS) is 13.9. The lowest BCUT2D eigenvalue weighted by molar-refractivity contribution is 0.0303. The van der Waals surface area contributed by atoms with Crippen LogP contribution in [0.3, 0.4) is 0 Å². The Hall–Kier alpha value is -3.36. The molecule has 1 aliphatic heterocycles. The zero-order valence-electron chi connectivity index (χ0n) is 19.0. The van der Waals surface area contributed by atoms with E-state index in [2.05, 4.69) is 21.7 Å². The van der Waals surface area contributed by atoms with Gasteiger partial charge in [0.1, 0.15) is 5.75 Å². The van der Waals surface area contributed by atoms with Crippen LogP contribution in [-0.4, -0.2) is 58.8 Å². The SMILES string of the molecule is COc1ccc(Cn2c(SCc3ccc(C(=O)N4CCOCC4)cc3)nc3ccncc32)cc1. The molecule has 1 aliphatic rings. The fourth-order valence-corrected chi connectivity index (χ4v) is 4.93. The standard InChI is InChI=1S/C26H26N4O3S/c1-32-22-8-4-19(5-9-22)17-30-24-16-27-11-10-23(24)28-26(30)34-18-20-2-6-21(7-3-20)25(31)29-12-14-33-15-13-29/h2-11,16H,12-15,17-18H2,1H3. The van der Waals surface area contributed by atoms with Gasteiger partial charge in [-0.05, 0) is 41.5 Å². The molecule has 4 aromatic rings. The maximum atomic E-state index is 12.7. The minimum Gasteiger partial charge on any atom is -0.497 e. The average molecular weight is 475 g/mol. The van der Waals surface area contributed by atoms with E-state index in [1.54, 1.807) is 25.1 Å². The summed E-state index contributed by atoms with van der Waals surface area (Å²) in [5.74, 6) is 1.66. The van der Waals surface area contributed by atoms with Gasteiger partial charge < -0.3 is 18.9 Å². The fourth-order valence-electron chi connectivity index (χ4n) is 3.96. The van der Waals surface area contributed by atoms with Crippen LogP contribution in [-0.2, 0) is 17.0 Å². The number of rotatable bonds is 7. The van der Waals surface area contributed by atoms with Gasteiger partial charge in [-0.1, -0.05) is 36.0 Å². The number of thioether (sulfide) groups is 1. The predicted octanol–water partition coefficient (Wildman–Crippen LogP) is 4.25. The van der Waals surface area contributed by atoms with Crippen molar-refractivity contribution in [1.82, 2.24) is 19.4 Å². The number of amides is 1. The van der Waals surface area contributed by atoms with E-state index < -0.39 is 0 Å². The molecule has 0 bridgehead atoms. The minimum absolute atomic E-state index is 0.0660. The molecule has 1 amide bonds. The van der Waals surface area contributed by atoms with Crippen LogP contribution in [0.15, 0.2) is 72.1 Å². The van der Waals surface area contributed by atoms with E-state index in [0.29, 0.717) is 38.4 Å². The molecule has 2 aromatic heterocycles. The number of carbonyl (C=O) groups is 1. The Kier molecular flexibility index (Phi) is 6.78. The zero-order valence-corrected chi connectivity index (χ0v) is 19.8. The molecule has 0 unspecified atom stereocenters. The third-order valence-corrected chi connectivity index (χ3v) is 6.93. The Labute approximate surface area is 202 Å². The number of imidazole rings is 1. The molecule has 1 fully saturated rings. The zero-order chi connectivity index (χ0) is 23.3. The maximum Gasteiger partial charge on any atom is 0.254 e. The summed E-state index contributed by atoms with van der Waals surface area (Å²) in [6, 6.07) is 17.9. The number of benzene rings is 2. The van der Waals surface area contributed by atoms with E-state index in [0.717, 1.165) is 38.8 Å². The van der Waals surface area contributed by atoms with E-state index in [1.165, 1.54) is 0 Å². The third kappa shape index (κ3) is 4.93. The Bertz CT molecular complexity index is 1270. The fraction of sp³-hybridized carbons (Fsp3) is 0.269. The quantitative estimate of drug-likeness (QED) is 0.373. The summed E-state index contributed by atoms with van der Waals surface area (Å²) in [5, 5.41) is 0.937. The molecule has 0 atom stereocenters. The number of hydrogen-bond acceptors (Lipinski definition) is 6. The first kappa shape index (κ1) is 22.4. The number of methoxy groups -OCH3 is 1. The van der Waals surface area contributed by atoms with Crippen LogP contribution in [0.4, 0.5) is 0 Å². The van der Waals surface area contributed by atoms with Crippen LogP contribution in [0, 0.1) is 0 Å². The summed E-state index contributed by atoms with van der Waals surface area (Å²) in [6.07, 6.45) is 3.63. The number of nitrogens with zero attached hydrogens (tertiary/aromatic N) is 4. The lowest BCUT2D eigenvalue weighted by Crippen LogP contribution is -2.40. The molecule has 174 valence electrons. The van der Waals surface area contributed by atoms with Crippen molar-refractivity contribution in [3.63, 3.8) is 0 Å². The second-order valence-electron chi connectivity index (χ2n) is 8.08. The van der Waals surface area contributed by atoms with Crippen molar-refractivity contribution in [3.8, 4) is 5.75 Å². The van der Waals surface area contributed by atoms with Gasteiger partial charge in [0.15, 0.2) is 5.16 Å². The number of aromatic nitrogens is 3. The van der Waals surface area contributed by atoms with Crippen LogP contribution >= 0.6 is 11.8 Å². The van der Waals surface area contributed by atoms with Crippen molar-refractivity contribution in [2.45, 2.75) is 17.5 Å². The maximum absolute atomic E-state index is 12.7. The van der Waals surface area contributed by atoms with Crippen molar-refractivity contribution >= 4 is 28.7 Å². The van der Waals surface area contributed by atoms with Crippen LogP contribution < -0.4 is 4.74 Å². The highest BCUT2D eigenvalue weighted by Gasteiger charge is 2.18. The molecular weight excluding hydrogens is 448 g/mol. The highest BCUT2D eigenvalue weighted by atomic mass is 32.2. The van der Waals surface area contributed by atoms with Crippen molar-refractivity contribution in [2.24, 2.45) is 0 Å². The second kappa shape index (κ2) is 10.3. The Morgan fingerprint density at radius 2 is 1.76 bits per heavy atom. The predicted molar refractivity (Wildman–Crippen MR) is 132 cm³/mol. The van der Waals surface area contributed by atoms with Crippen molar-refractivity contribution in [3.05, 3.63) is 83.7 Å². The number of fused-ring (bicyclic) bond motifs is 1. The highest BCUT2D eigenvalue weighted by Crippen LogP contribution is 2.28. The third-order valence-electron chi connectivity index (χ3n) is 5.88. The summed E-state index contributed by atoms with van der Waals surface area (Å²) >= 11 is 1.68. The lowest BCUT2D eigenvalue weighted by atomic mass is 10.1. The molecule has 0 saturated carbocycles. The van der Waals surface area contributed by atoms with E-state index in [-0.39, 0.29) is 5.91 Å². The number of ether oxygens (including phenoxy) is 2. The van der Waals surface area contributed by atoms with E-state index in [1.807, 2.05) is 53.6 Å². The van der Waals surface area contributed by atoms with Gasteiger partial charge in [0.2, 0.25) is 0 Å². The van der Waals surface area contributed by atoms with Gasteiger partial charge >= 0.3 is 0 Å². The molecule has 5 rings (SSSR count). The summed E-state index contributed by atoms with van der Waals surface area (Å²) in [6.45, 7) is 3.20. The van der Waals surface area contributed by atoms with Crippen molar-refractivity contribution < 1.29 is 14.3 Å². The van der Waals surface area contributed by atoms with Crippen molar-refractivity contribution in [1.29, 1.82) is 0 Å². The first-order valence-corrected chi connectivity index (χ1v) is 12.2. The molecule has 7 nitrogen and oxygen atoms in total. The van der Waals surface area contributed by atoms with Crippen LogP contribution in [0.5, 0.6) is 5.75 Å². The van der Waals surface area contributed by atoms with Gasteiger partial charge in [-0.15, -0.1) is 0 Å². The first-order valence-electron chi connectivity index (χ1n) is 11.2. The lowest BCUT2D eigenvalue weighted by Gasteiger charge is -2.26. The Morgan fingerprint density at radius 1 is 1.03 bits per heavy atom. The molecule has 0 spiro atoms. The smallest absolute Gasteiger partial charge is 0.254 e. The van der Waals surface area contributed by atoms with Crippen molar-refractivity contribution in [2.75, 3.05) is 33.4 Å². The summed E-state index contributed by atoms with van der Waals surface area (Å²) < 4.78 is 12.8. The summed E-state index contributed by atoms with van der Waals surface area (Å²) in [7, 11) is 1.67. The largest absolute Gasteiger partial charge is 0.497 e. The topological polar surface area (TPSA) is 69.5 Å². The second-order valence-corrected chi connectivity index (χ2v) is 9.03. The van der Waals surface area contributed by atoms with Gasteiger partial charge in [-0.3, -0.25) is 9.78 Å². The van der Waals surface area contributed by atoms with Crippen LogP contribution in [0.25, 0.3) is 11.0 Å². The van der Waals surface area contributed by atoms with Gasteiger partial charge in [0.25, 0.3) is 5.91 Å². The van der Waals surface area contributed by atoms with Gasteiger partial charge in [0.05, 0.1) is 44.1 Å². The number of hydrogen-bond donors (Lipinski definition) is 0. The molecule has 1 saturated heterocycles. The molecule has 3 heterocycles. The van der Waals surface area contributed by atoms with Gasteiger partial charge in [0, 0.05) is 30.6 Å². The van der Waals surface area contributed by atoms with E-state index in [9.17, 15) is 4.79 Å². The Morgan fingerprint density at radius 3 is 2.50 bits per heavy atom. The molecule has 0 radical (unpaired) electrons. The molecule has 34 heavy (non-hydrogen) atoms. The van der Waals surface area contributed by atoms with Crippen LogP contribution in [0.2, 0.25) is 0 Å². The molecule has 2 aromatic carbocycles. The first-order chi connectivity index (χ1) is 16.7. The van der Waals surface area contributed by atoms with Gasteiger partial charge in [-0.25, -0.2) is 4.98 Å². The summed E-state index contributed by atoms with van der Waals surface area (Å²) in [5.41, 5.74) is 4.96.